The van der Waals surface area contributed by atoms with E-state index in [1.807, 2.05) is 31.2 Å². The summed E-state index contributed by atoms with van der Waals surface area (Å²) in [5.41, 5.74) is 6.95. The van der Waals surface area contributed by atoms with E-state index in [1.165, 1.54) is 5.56 Å². The first-order valence-corrected chi connectivity index (χ1v) is 4.56. The van der Waals surface area contributed by atoms with E-state index in [2.05, 4.69) is 0 Å². The van der Waals surface area contributed by atoms with Crippen LogP contribution < -0.4 is 5.73 Å². The Morgan fingerprint density at radius 2 is 1.92 bits per heavy atom. The Labute approximate surface area is 78.5 Å². The fourth-order valence-corrected chi connectivity index (χ4v) is 1.17. The van der Waals surface area contributed by atoms with Crippen LogP contribution in [0, 0.1) is 0 Å². The molecule has 0 aromatic heterocycles. The highest BCUT2D eigenvalue weighted by Crippen LogP contribution is 2.11. The third kappa shape index (κ3) is 3.24. The van der Waals surface area contributed by atoms with Crippen LogP contribution in [-0.4, -0.2) is 6.04 Å². The van der Waals surface area contributed by atoms with E-state index >= 15 is 0 Å². The summed E-state index contributed by atoms with van der Waals surface area (Å²) in [5.74, 6) is 0. The van der Waals surface area contributed by atoms with Gasteiger partial charge in [-0.2, -0.15) is 0 Å². The zero-order chi connectivity index (χ0) is 8.97. The SMILES string of the molecule is CC(N)CCc1ccc(Cl)cc1. The number of aryl methyl sites for hydroxylation is 1. The van der Waals surface area contributed by atoms with Gasteiger partial charge in [0.2, 0.25) is 0 Å². The molecular formula is C10H14ClN. The molecule has 1 nitrogen and oxygen atoms in total. The average Bonchev–Trinajstić information content (AvgIpc) is 2.03. The van der Waals surface area contributed by atoms with Gasteiger partial charge in [0.15, 0.2) is 0 Å². The van der Waals surface area contributed by atoms with Crippen LogP contribution in [0.2, 0.25) is 5.02 Å². The van der Waals surface area contributed by atoms with Gasteiger partial charge in [0.05, 0.1) is 0 Å². The highest BCUT2D eigenvalue weighted by Gasteiger charge is 1.96. The van der Waals surface area contributed by atoms with Crippen molar-refractivity contribution in [3.8, 4) is 0 Å². The molecule has 0 aliphatic heterocycles. The van der Waals surface area contributed by atoms with E-state index in [0.29, 0.717) is 0 Å². The lowest BCUT2D eigenvalue weighted by atomic mass is 10.1. The molecule has 0 radical (unpaired) electrons. The van der Waals surface area contributed by atoms with Crippen molar-refractivity contribution in [2.24, 2.45) is 5.73 Å². The third-order valence-corrected chi connectivity index (χ3v) is 2.05. The number of rotatable bonds is 3. The van der Waals surface area contributed by atoms with Gasteiger partial charge in [0.25, 0.3) is 0 Å². The molecule has 0 spiro atoms. The Morgan fingerprint density at radius 3 is 2.42 bits per heavy atom. The highest BCUT2D eigenvalue weighted by atomic mass is 35.5. The van der Waals surface area contributed by atoms with E-state index in [1.54, 1.807) is 0 Å². The van der Waals surface area contributed by atoms with Gasteiger partial charge >= 0.3 is 0 Å². The van der Waals surface area contributed by atoms with E-state index in [9.17, 15) is 0 Å². The molecule has 1 unspecified atom stereocenters. The predicted molar refractivity (Wildman–Crippen MR) is 53.4 cm³/mol. The summed E-state index contributed by atoms with van der Waals surface area (Å²) in [6, 6.07) is 8.20. The van der Waals surface area contributed by atoms with Crippen molar-refractivity contribution in [1.29, 1.82) is 0 Å². The molecule has 0 fully saturated rings. The highest BCUT2D eigenvalue weighted by molar-refractivity contribution is 6.30. The van der Waals surface area contributed by atoms with Gasteiger partial charge in [-0.25, -0.2) is 0 Å². The molecule has 12 heavy (non-hydrogen) atoms. The van der Waals surface area contributed by atoms with Crippen molar-refractivity contribution in [1.82, 2.24) is 0 Å². The van der Waals surface area contributed by atoms with Gasteiger partial charge in [-0.3, -0.25) is 0 Å². The van der Waals surface area contributed by atoms with Crippen molar-refractivity contribution < 1.29 is 0 Å². The Hall–Kier alpha value is -0.530. The number of halogens is 1. The second kappa shape index (κ2) is 4.48. The topological polar surface area (TPSA) is 26.0 Å². The Bertz CT molecular complexity index is 228. The number of hydrogen-bond acceptors (Lipinski definition) is 1. The Kier molecular flexibility index (Phi) is 3.57. The number of hydrogen-bond donors (Lipinski definition) is 1. The van der Waals surface area contributed by atoms with Crippen molar-refractivity contribution in [2.45, 2.75) is 25.8 Å². The van der Waals surface area contributed by atoms with Gasteiger partial charge in [-0.05, 0) is 37.5 Å². The smallest absolute Gasteiger partial charge is 0.0406 e. The first-order chi connectivity index (χ1) is 5.68. The molecule has 1 aromatic carbocycles. The molecule has 0 aliphatic carbocycles. The fraction of sp³-hybridized carbons (Fsp3) is 0.400. The van der Waals surface area contributed by atoms with Crippen LogP contribution in [0.25, 0.3) is 0 Å². The summed E-state index contributed by atoms with van der Waals surface area (Å²) in [5, 5.41) is 0.791. The largest absolute Gasteiger partial charge is 0.328 e. The van der Waals surface area contributed by atoms with E-state index in [0.717, 1.165) is 17.9 Å². The molecule has 0 amide bonds. The number of nitrogens with two attached hydrogens (primary N) is 1. The van der Waals surface area contributed by atoms with Gasteiger partial charge in [0, 0.05) is 11.1 Å². The summed E-state index contributed by atoms with van der Waals surface area (Å²) >= 11 is 5.75. The third-order valence-electron chi connectivity index (χ3n) is 1.80. The van der Waals surface area contributed by atoms with E-state index < -0.39 is 0 Å². The first-order valence-electron chi connectivity index (χ1n) is 4.18. The Morgan fingerprint density at radius 1 is 1.33 bits per heavy atom. The molecule has 0 bridgehead atoms. The van der Waals surface area contributed by atoms with Crippen LogP contribution in [-0.2, 0) is 6.42 Å². The quantitative estimate of drug-likeness (QED) is 0.766. The lowest BCUT2D eigenvalue weighted by Gasteiger charge is -2.04. The van der Waals surface area contributed by atoms with Crippen LogP contribution in [0.15, 0.2) is 24.3 Å². The van der Waals surface area contributed by atoms with Crippen molar-refractivity contribution in [3.05, 3.63) is 34.9 Å². The van der Waals surface area contributed by atoms with Crippen LogP contribution in [0.5, 0.6) is 0 Å². The zero-order valence-electron chi connectivity index (χ0n) is 7.26. The molecular weight excluding hydrogens is 170 g/mol. The van der Waals surface area contributed by atoms with Crippen LogP contribution in [0.4, 0.5) is 0 Å². The van der Waals surface area contributed by atoms with Crippen molar-refractivity contribution in [3.63, 3.8) is 0 Å². The molecule has 2 heteroatoms. The predicted octanol–water partition coefficient (Wildman–Crippen LogP) is 2.62. The maximum Gasteiger partial charge on any atom is 0.0406 e. The van der Waals surface area contributed by atoms with Crippen molar-refractivity contribution >= 4 is 11.6 Å². The summed E-state index contributed by atoms with van der Waals surface area (Å²) < 4.78 is 0. The zero-order valence-corrected chi connectivity index (χ0v) is 8.01. The summed E-state index contributed by atoms with van der Waals surface area (Å²) in [4.78, 5) is 0. The van der Waals surface area contributed by atoms with Gasteiger partial charge in [-0.1, -0.05) is 23.7 Å². The second-order valence-electron chi connectivity index (χ2n) is 3.14. The molecule has 2 N–H and O–H groups in total. The maximum absolute atomic E-state index is 5.75. The lowest BCUT2D eigenvalue weighted by molar-refractivity contribution is 0.666. The molecule has 0 heterocycles. The molecule has 1 rings (SSSR count). The van der Waals surface area contributed by atoms with Gasteiger partial charge in [-0.15, -0.1) is 0 Å². The summed E-state index contributed by atoms with van der Waals surface area (Å²) in [7, 11) is 0. The first kappa shape index (κ1) is 9.56. The standard InChI is InChI=1S/C10H14ClN/c1-8(12)2-3-9-4-6-10(11)7-5-9/h4-8H,2-3,12H2,1H3. The maximum atomic E-state index is 5.75. The van der Waals surface area contributed by atoms with Gasteiger partial charge in [0.1, 0.15) is 0 Å². The van der Waals surface area contributed by atoms with Crippen LogP contribution in [0.3, 0.4) is 0 Å². The minimum atomic E-state index is 0.278. The second-order valence-corrected chi connectivity index (χ2v) is 3.58. The normalized spacial score (nSPS) is 12.9. The average molecular weight is 184 g/mol. The lowest BCUT2D eigenvalue weighted by Crippen LogP contribution is -2.15. The molecule has 1 aromatic rings. The van der Waals surface area contributed by atoms with Gasteiger partial charge < -0.3 is 5.73 Å². The molecule has 1 atom stereocenters. The van der Waals surface area contributed by atoms with E-state index in [4.69, 9.17) is 17.3 Å². The number of benzene rings is 1. The van der Waals surface area contributed by atoms with Crippen LogP contribution >= 0.6 is 11.6 Å². The van der Waals surface area contributed by atoms with E-state index in [-0.39, 0.29) is 6.04 Å². The Balaban J connectivity index is 2.48. The fourth-order valence-electron chi connectivity index (χ4n) is 1.05. The molecule has 0 aliphatic rings. The molecule has 0 saturated heterocycles. The molecule has 66 valence electrons. The minimum Gasteiger partial charge on any atom is -0.328 e. The minimum absolute atomic E-state index is 0.278. The van der Waals surface area contributed by atoms with Crippen molar-refractivity contribution in [2.75, 3.05) is 0 Å². The monoisotopic (exact) mass is 183 g/mol. The summed E-state index contributed by atoms with van der Waals surface area (Å²) in [6.45, 7) is 2.02. The summed E-state index contributed by atoms with van der Waals surface area (Å²) in [6.07, 6.45) is 2.07. The molecule has 0 saturated carbocycles. The van der Waals surface area contributed by atoms with Crippen LogP contribution in [0.1, 0.15) is 18.9 Å².